The molecule has 1 spiro atoms. The molecule has 0 aromatic heterocycles. The predicted molar refractivity (Wildman–Crippen MR) is 104 cm³/mol. The van der Waals surface area contributed by atoms with E-state index in [0.717, 1.165) is 38.6 Å². The summed E-state index contributed by atoms with van der Waals surface area (Å²) in [6, 6.07) is 0. The first-order valence-corrected chi connectivity index (χ1v) is 10.4. The van der Waals surface area contributed by atoms with Crippen molar-refractivity contribution in [2.75, 3.05) is 6.54 Å². The second kappa shape index (κ2) is 7.19. The van der Waals surface area contributed by atoms with Gasteiger partial charge in [0.1, 0.15) is 5.72 Å². The Kier molecular flexibility index (Phi) is 5.95. The third-order valence-corrected chi connectivity index (χ3v) is 5.98. The first kappa shape index (κ1) is 20.7. The van der Waals surface area contributed by atoms with Crippen molar-refractivity contribution in [2.45, 2.75) is 122 Å². The van der Waals surface area contributed by atoms with Crippen LogP contribution in [0.3, 0.4) is 0 Å². The van der Waals surface area contributed by atoms with Crippen molar-refractivity contribution in [3.8, 4) is 0 Å². The molecule has 0 aliphatic carbocycles. The zero-order valence-electron chi connectivity index (χ0n) is 17.6. The number of unbranched alkanes of at least 4 members (excludes halogenated alkanes) is 3. The molecule has 25 heavy (non-hydrogen) atoms. The number of nitrogens with zero attached hydrogens (tertiary/aromatic N) is 1. The highest BCUT2D eigenvalue weighted by Gasteiger charge is 2.63. The standard InChI is InChI=1S/C21H40N2O2/c1-8-11-12-13-14-23-17(24)20(25-21(23,9-2)10-3)15-18(4,5)22-19(6,7)16-20/h22H,8-16H2,1-7H3. The lowest BCUT2D eigenvalue weighted by molar-refractivity contribution is -0.172. The van der Waals surface area contributed by atoms with E-state index in [0.29, 0.717) is 0 Å². The Hall–Kier alpha value is -0.610. The van der Waals surface area contributed by atoms with Crippen molar-refractivity contribution in [1.82, 2.24) is 10.2 Å². The van der Waals surface area contributed by atoms with Crippen LogP contribution in [0, 0.1) is 0 Å². The van der Waals surface area contributed by atoms with E-state index in [1.165, 1.54) is 19.3 Å². The molecule has 2 saturated heterocycles. The van der Waals surface area contributed by atoms with Gasteiger partial charge in [-0.15, -0.1) is 0 Å². The Labute approximate surface area is 155 Å². The summed E-state index contributed by atoms with van der Waals surface area (Å²) >= 11 is 0. The number of hydrogen-bond donors (Lipinski definition) is 1. The minimum Gasteiger partial charge on any atom is -0.339 e. The average Bonchev–Trinajstić information content (AvgIpc) is 2.70. The summed E-state index contributed by atoms with van der Waals surface area (Å²) in [5.74, 6) is 0.232. The van der Waals surface area contributed by atoms with Crippen LogP contribution in [0.5, 0.6) is 0 Å². The lowest BCUT2D eigenvalue weighted by Gasteiger charge is -2.50. The van der Waals surface area contributed by atoms with Gasteiger partial charge in [0.05, 0.1) is 0 Å². The molecule has 0 atom stereocenters. The molecule has 2 heterocycles. The van der Waals surface area contributed by atoms with E-state index in [1.807, 2.05) is 0 Å². The Morgan fingerprint density at radius 1 is 0.960 bits per heavy atom. The first-order valence-electron chi connectivity index (χ1n) is 10.4. The van der Waals surface area contributed by atoms with Crippen molar-refractivity contribution in [3.05, 3.63) is 0 Å². The summed E-state index contributed by atoms with van der Waals surface area (Å²) < 4.78 is 6.77. The molecule has 2 aliphatic rings. The topological polar surface area (TPSA) is 41.6 Å². The van der Waals surface area contributed by atoms with E-state index in [4.69, 9.17) is 4.74 Å². The zero-order valence-corrected chi connectivity index (χ0v) is 17.6. The fourth-order valence-electron chi connectivity index (χ4n) is 5.39. The molecule has 0 aromatic rings. The van der Waals surface area contributed by atoms with Crippen LogP contribution in [0.1, 0.15) is 99.8 Å². The summed E-state index contributed by atoms with van der Waals surface area (Å²) in [5, 5.41) is 3.69. The predicted octanol–water partition coefficient (Wildman–Crippen LogP) is 4.62. The summed E-state index contributed by atoms with van der Waals surface area (Å²) in [6.45, 7) is 16.1. The second-order valence-electron chi connectivity index (χ2n) is 9.51. The van der Waals surface area contributed by atoms with Gasteiger partial charge < -0.3 is 15.0 Å². The van der Waals surface area contributed by atoms with Crippen molar-refractivity contribution in [1.29, 1.82) is 0 Å². The molecule has 0 unspecified atom stereocenters. The number of amides is 1. The van der Waals surface area contributed by atoms with Crippen molar-refractivity contribution >= 4 is 5.91 Å². The fraction of sp³-hybridized carbons (Fsp3) is 0.952. The third kappa shape index (κ3) is 4.05. The van der Waals surface area contributed by atoms with Crippen molar-refractivity contribution < 1.29 is 9.53 Å². The maximum atomic E-state index is 13.6. The van der Waals surface area contributed by atoms with Gasteiger partial charge in [-0.05, 0) is 47.0 Å². The van der Waals surface area contributed by atoms with Crippen molar-refractivity contribution in [3.63, 3.8) is 0 Å². The molecule has 146 valence electrons. The van der Waals surface area contributed by atoms with Gasteiger partial charge in [-0.1, -0.05) is 40.0 Å². The van der Waals surface area contributed by atoms with Crippen LogP contribution in [-0.4, -0.2) is 39.8 Å². The summed E-state index contributed by atoms with van der Waals surface area (Å²) in [4.78, 5) is 15.7. The van der Waals surface area contributed by atoms with E-state index in [-0.39, 0.29) is 17.0 Å². The third-order valence-electron chi connectivity index (χ3n) is 5.98. The van der Waals surface area contributed by atoms with Gasteiger partial charge in [0.2, 0.25) is 0 Å². The molecule has 0 aromatic carbocycles. The van der Waals surface area contributed by atoms with E-state index in [9.17, 15) is 4.79 Å². The lowest BCUT2D eigenvalue weighted by Crippen LogP contribution is -2.65. The summed E-state index contributed by atoms with van der Waals surface area (Å²) in [6.07, 6.45) is 7.93. The van der Waals surface area contributed by atoms with Gasteiger partial charge in [-0.25, -0.2) is 0 Å². The number of carbonyl (C=O) groups is 1. The Balaban J connectivity index is 2.30. The van der Waals surface area contributed by atoms with Gasteiger partial charge >= 0.3 is 0 Å². The maximum Gasteiger partial charge on any atom is 0.257 e. The van der Waals surface area contributed by atoms with Gasteiger partial charge in [-0.2, -0.15) is 0 Å². The van der Waals surface area contributed by atoms with Crippen LogP contribution >= 0.6 is 0 Å². The number of hydrogen-bond acceptors (Lipinski definition) is 3. The van der Waals surface area contributed by atoms with Crippen LogP contribution in [0.15, 0.2) is 0 Å². The van der Waals surface area contributed by atoms with Crippen LogP contribution in [0.25, 0.3) is 0 Å². The van der Waals surface area contributed by atoms with E-state index < -0.39 is 11.3 Å². The van der Waals surface area contributed by atoms with Crippen LogP contribution in [0.2, 0.25) is 0 Å². The molecule has 0 bridgehead atoms. The number of ether oxygens (including phenoxy) is 1. The molecule has 2 fully saturated rings. The quantitative estimate of drug-likeness (QED) is 0.680. The van der Waals surface area contributed by atoms with Crippen LogP contribution in [0.4, 0.5) is 0 Å². The number of piperidine rings is 1. The van der Waals surface area contributed by atoms with Gasteiger partial charge in [0, 0.05) is 30.5 Å². The molecule has 1 amide bonds. The Bertz CT molecular complexity index is 464. The SMILES string of the molecule is CCCCCCN1C(=O)C2(CC(C)(C)NC(C)(C)C2)OC1(CC)CC. The molecule has 0 saturated carbocycles. The number of carbonyl (C=O) groups excluding carboxylic acids is 1. The minimum absolute atomic E-state index is 0.108. The summed E-state index contributed by atoms with van der Waals surface area (Å²) in [5.41, 5.74) is -1.31. The first-order chi connectivity index (χ1) is 11.6. The molecule has 2 aliphatic heterocycles. The molecule has 1 N–H and O–H groups in total. The average molecular weight is 353 g/mol. The normalized spacial score (nSPS) is 26.4. The summed E-state index contributed by atoms with van der Waals surface area (Å²) in [7, 11) is 0. The molecule has 4 nitrogen and oxygen atoms in total. The lowest BCUT2D eigenvalue weighted by atomic mass is 9.72. The minimum atomic E-state index is -0.672. The molecular weight excluding hydrogens is 312 g/mol. The molecule has 0 radical (unpaired) electrons. The van der Waals surface area contributed by atoms with Gasteiger partial charge in [0.15, 0.2) is 5.60 Å². The van der Waals surface area contributed by atoms with E-state index in [1.54, 1.807) is 0 Å². The van der Waals surface area contributed by atoms with Gasteiger partial charge in [0.25, 0.3) is 5.91 Å². The fourth-order valence-corrected chi connectivity index (χ4v) is 5.39. The Morgan fingerprint density at radius 3 is 2.00 bits per heavy atom. The van der Waals surface area contributed by atoms with Gasteiger partial charge in [-0.3, -0.25) is 4.79 Å². The molecular formula is C21H40N2O2. The highest BCUT2D eigenvalue weighted by molar-refractivity contribution is 5.88. The van der Waals surface area contributed by atoms with Crippen LogP contribution in [-0.2, 0) is 9.53 Å². The van der Waals surface area contributed by atoms with E-state index in [2.05, 4.69) is 58.7 Å². The molecule has 4 heteroatoms. The zero-order chi connectivity index (χ0) is 18.9. The number of nitrogens with one attached hydrogen (secondary N) is 1. The Morgan fingerprint density at radius 2 is 1.52 bits per heavy atom. The van der Waals surface area contributed by atoms with E-state index >= 15 is 0 Å². The molecule has 2 rings (SSSR count). The largest absolute Gasteiger partial charge is 0.339 e. The second-order valence-corrected chi connectivity index (χ2v) is 9.51. The number of rotatable bonds is 7. The maximum absolute atomic E-state index is 13.6. The van der Waals surface area contributed by atoms with Crippen molar-refractivity contribution in [2.24, 2.45) is 0 Å². The highest BCUT2D eigenvalue weighted by Crippen LogP contribution is 2.49. The van der Waals surface area contributed by atoms with Crippen LogP contribution < -0.4 is 5.32 Å². The highest BCUT2D eigenvalue weighted by atomic mass is 16.6. The smallest absolute Gasteiger partial charge is 0.257 e. The monoisotopic (exact) mass is 352 g/mol.